The van der Waals surface area contributed by atoms with Crippen LogP contribution in [0.5, 0.6) is 5.75 Å². The standard InChI is InChI=1S/C25H21NO3S/c1-17(27)20-13-14-22(28-2)21(15-20)16-30-25-26-23(18-9-5-3-6-10-18)24(29-25)19-11-7-4-8-12-19/h3-15H,16H2,1-2H3. The maximum Gasteiger partial charge on any atom is 0.257 e. The first-order valence-electron chi connectivity index (χ1n) is 9.58. The molecule has 150 valence electrons. The average molecular weight is 416 g/mol. The number of hydrogen-bond acceptors (Lipinski definition) is 5. The van der Waals surface area contributed by atoms with Gasteiger partial charge in [0.05, 0.1) is 7.11 Å². The van der Waals surface area contributed by atoms with Crippen molar-refractivity contribution in [2.24, 2.45) is 0 Å². The minimum Gasteiger partial charge on any atom is -0.496 e. The molecule has 4 nitrogen and oxygen atoms in total. The van der Waals surface area contributed by atoms with Gasteiger partial charge in [0.2, 0.25) is 0 Å². The van der Waals surface area contributed by atoms with Crippen LogP contribution in [-0.4, -0.2) is 17.9 Å². The van der Waals surface area contributed by atoms with Crippen molar-refractivity contribution in [3.8, 4) is 28.3 Å². The second kappa shape index (κ2) is 9.01. The van der Waals surface area contributed by atoms with Crippen LogP contribution in [0.4, 0.5) is 0 Å². The summed E-state index contributed by atoms with van der Waals surface area (Å²) >= 11 is 1.48. The summed E-state index contributed by atoms with van der Waals surface area (Å²) in [5.41, 5.74) is 4.38. The molecule has 4 rings (SSSR count). The molecular formula is C25H21NO3S. The fourth-order valence-electron chi connectivity index (χ4n) is 3.19. The Kier molecular flexibility index (Phi) is 6.00. The number of benzene rings is 3. The van der Waals surface area contributed by atoms with Gasteiger partial charge < -0.3 is 9.15 Å². The van der Waals surface area contributed by atoms with E-state index in [1.165, 1.54) is 11.8 Å². The lowest BCUT2D eigenvalue weighted by Gasteiger charge is -2.08. The Balaban J connectivity index is 1.67. The number of ketones is 1. The minimum atomic E-state index is 0.0257. The highest BCUT2D eigenvalue weighted by molar-refractivity contribution is 7.98. The van der Waals surface area contributed by atoms with Gasteiger partial charge in [0.25, 0.3) is 5.22 Å². The molecule has 0 amide bonds. The number of carbonyl (C=O) groups excluding carboxylic acids is 1. The molecule has 0 saturated heterocycles. The maximum absolute atomic E-state index is 11.8. The SMILES string of the molecule is COc1ccc(C(C)=O)cc1CSc1nc(-c2ccccc2)c(-c2ccccc2)o1. The summed E-state index contributed by atoms with van der Waals surface area (Å²) in [7, 11) is 1.63. The third-order valence-corrected chi connectivity index (χ3v) is 5.61. The van der Waals surface area contributed by atoms with E-state index in [0.717, 1.165) is 33.9 Å². The van der Waals surface area contributed by atoms with E-state index < -0.39 is 0 Å². The Morgan fingerprint density at radius 2 is 1.63 bits per heavy atom. The summed E-state index contributed by atoms with van der Waals surface area (Å²) in [5.74, 6) is 2.09. The van der Waals surface area contributed by atoms with Crippen molar-refractivity contribution in [1.29, 1.82) is 0 Å². The molecule has 5 heteroatoms. The van der Waals surface area contributed by atoms with E-state index in [1.54, 1.807) is 20.1 Å². The summed E-state index contributed by atoms with van der Waals surface area (Å²) in [6.07, 6.45) is 0. The third kappa shape index (κ3) is 4.31. The van der Waals surface area contributed by atoms with Gasteiger partial charge >= 0.3 is 0 Å². The number of carbonyl (C=O) groups is 1. The highest BCUT2D eigenvalue weighted by Crippen LogP contribution is 2.37. The summed E-state index contributed by atoms with van der Waals surface area (Å²) in [4.78, 5) is 16.5. The Bertz CT molecular complexity index is 1100. The average Bonchev–Trinajstić information content (AvgIpc) is 3.23. The van der Waals surface area contributed by atoms with Gasteiger partial charge in [-0.1, -0.05) is 72.4 Å². The lowest BCUT2D eigenvalue weighted by atomic mass is 10.1. The van der Waals surface area contributed by atoms with Gasteiger partial charge in [0.1, 0.15) is 11.4 Å². The molecule has 4 aromatic rings. The molecule has 0 N–H and O–H groups in total. The van der Waals surface area contributed by atoms with Crippen LogP contribution in [0.25, 0.3) is 22.6 Å². The van der Waals surface area contributed by atoms with Crippen LogP contribution in [-0.2, 0) is 5.75 Å². The van der Waals surface area contributed by atoms with Crippen LogP contribution in [0.2, 0.25) is 0 Å². The van der Waals surface area contributed by atoms with Crippen LogP contribution >= 0.6 is 11.8 Å². The molecule has 0 aliphatic rings. The molecule has 0 bridgehead atoms. The largest absolute Gasteiger partial charge is 0.496 e. The molecule has 30 heavy (non-hydrogen) atoms. The Morgan fingerprint density at radius 3 is 2.27 bits per heavy atom. The van der Waals surface area contributed by atoms with Gasteiger partial charge in [-0.05, 0) is 25.1 Å². The van der Waals surface area contributed by atoms with Crippen LogP contribution in [0.15, 0.2) is 88.5 Å². The zero-order valence-electron chi connectivity index (χ0n) is 16.8. The first-order valence-corrected chi connectivity index (χ1v) is 10.6. The smallest absolute Gasteiger partial charge is 0.257 e. The van der Waals surface area contributed by atoms with Gasteiger partial charge in [-0.25, -0.2) is 4.98 Å². The molecule has 0 unspecified atom stereocenters. The maximum atomic E-state index is 11.8. The summed E-state index contributed by atoms with van der Waals surface area (Å²) in [5, 5.41) is 0.572. The number of hydrogen-bond donors (Lipinski definition) is 0. The molecule has 0 atom stereocenters. The molecule has 0 saturated carbocycles. The van der Waals surface area contributed by atoms with Gasteiger partial charge in [-0.15, -0.1) is 0 Å². The van der Waals surface area contributed by atoms with Gasteiger partial charge in [-0.3, -0.25) is 4.79 Å². The predicted molar refractivity (Wildman–Crippen MR) is 120 cm³/mol. The summed E-state index contributed by atoms with van der Waals surface area (Å²) in [6.45, 7) is 1.56. The number of oxazole rings is 1. The van der Waals surface area contributed by atoms with Gasteiger partial charge in [0.15, 0.2) is 11.5 Å². The number of ether oxygens (including phenoxy) is 1. The molecule has 0 spiro atoms. The molecule has 1 aromatic heterocycles. The molecule has 0 aliphatic carbocycles. The van der Waals surface area contributed by atoms with Crippen LogP contribution in [0.3, 0.4) is 0 Å². The molecule has 0 fully saturated rings. The number of aromatic nitrogens is 1. The van der Waals surface area contributed by atoms with E-state index in [2.05, 4.69) is 0 Å². The normalized spacial score (nSPS) is 10.7. The monoisotopic (exact) mass is 415 g/mol. The fourth-order valence-corrected chi connectivity index (χ4v) is 3.99. The van der Waals surface area contributed by atoms with E-state index >= 15 is 0 Å². The second-order valence-electron chi connectivity index (χ2n) is 6.76. The molecule has 1 heterocycles. The van der Waals surface area contributed by atoms with Crippen molar-refractivity contribution in [2.45, 2.75) is 17.9 Å². The fraction of sp³-hybridized carbons (Fsp3) is 0.120. The number of rotatable bonds is 7. The lowest BCUT2D eigenvalue weighted by molar-refractivity contribution is 0.101. The second-order valence-corrected chi connectivity index (χ2v) is 7.69. The van der Waals surface area contributed by atoms with Gasteiger partial charge in [0, 0.05) is 28.0 Å². The van der Waals surface area contributed by atoms with Crippen molar-refractivity contribution in [3.63, 3.8) is 0 Å². The van der Waals surface area contributed by atoms with Gasteiger partial charge in [-0.2, -0.15) is 0 Å². The summed E-state index contributed by atoms with van der Waals surface area (Å²) in [6, 6.07) is 25.5. The highest BCUT2D eigenvalue weighted by atomic mass is 32.2. The topological polar surface area (TPSA) is 52.3 Å². The van der Waals surface area contributed by atoms with E-state index in [1.807, 2.05) is 72.8 Å². The number of Topliss-reactive ketones (excluding diaryl/α,β-unsaturated/α-hetero) is 1. The number of thioether (sulfide) groups is 1. The number of methoxy groups -OCH3 is 1. The zero-order valence-corrected chi connectivity index (χ0v) is 17.6. The van der Waals surface area contributed by atoms with Crippen LogP contribution < -0.4 is 4.74 Å². The highest BCUT2D eigenvalue weighted by Gasteiger charge is 2.18. The van der Waals surface area contributed by atoms with Crippen molar-refractivity contribution < 1.29 is 13.9 Å². The van der Waals surface area contributed by atoms with E-state index in [0.29, 0.717) is 16.5 Å². The minimum absolute atomic E-state index is 0.0257. The van der Waals surface area contributed by atoms with Crippen LogP contribution in [0.1, 0.15) is 22.8 Å². The molecule has 0 aliphatic heterocycles. The summed E-state index contributed by atoms with van der Waals surface area (Å²) < 4.78 is 11.6. The quantitative estimate of drug-likeness (QED) is 0.254. The Hall–Kier alpha value is -3.31. The van der Waals surface area contributed by atoms with Crippen molar-refractivity contribution in [3.05, 3.63) is 90.0 Å². The Morgan fingerprint density at radius 1 is 0.967 bits per heavy atom. The first-order chi connectivity index (χ1) is 14.7. The molecule has 0 radical (unpaired) electrons. The predicted octanol–water partition coefficient (Wildman–Crippen LogP) is 6.51. The molecule has 3 aromatic carbocycles. The number of nitrogens with zero attached hydrogens (tertiary/aromatic N) is 1. The van der Waals surface area contributed by atoms with E-state index in [-0.39, 0.29) is 5.78 Å². The zero-order chi connectivity index (χ0) is 20.9. The Labute approximate surface area is 179 Å². The van der Waals surface area contributed by atoms with Crippen molar-refractivity contribution in [1.82, 2.24) is 4.98 Å². The van der Waals surface area contributed by atoms with E-state index in [4.69, 9.17) is 14.1 Å². The lowest BCUT2D eigenvalue weighted by Crippen LogP contribution is -1.96. The van der Waals surface area contributed by atoms with Crippen LogP contribution in [0, 0.1) is 0 Å². The third-order valence-electron chi connectivity index (χ3n) is 4.73. The van der Waals surface area contributed by atoms with E-state index in [9.17, 15) is 4.79 Å². The first kappa shape index (κ1) is 20.0. The van der Waals surface area contributed by atoms with Crippen molar-refractivity contribution in [2.75, 3.05) is 7.11 Å². The molecular weight excluding hydrogens is 394 g/mol. The van der Waals surface area contributed by atoms with Crippen molar-refractivity contribution >= 4 is 17.5 Å².